The number of hydrogen-bond acceptors (Lipinski definition) is 6. The first-order valence-corrected chi connectivity index (χ1v) is 10.5. The summed E-state index contributed by atoms with van der Waals surface area (Å²) in [6.07, 6.45) is -0.170. The topological polar surface area (TPSA) is 97.9 Å². The lowest BCUT2D eigenvalue weighted by Crippen LogP contribution is -2.30. The Labute approximate surface area is 185 Å². The number of carbonyl (C=O) groups is 2. The third-order valence-electron chi connectivity index (χ3n) is 3.87. The first-order chi connectivity index (χ1) is 14.9. The summed E-state index contributed by atoms with van der Waals surface area (Å²) in [6.45, 7) is 8.41. The van der Waals surface area contributed by atoms with Gasteiger partial charge in [-0.2, -0.15) is 0 Å². The van der Waals surface area contributed by atoms with Crippen LogP contribution in [0.3, 0.4) is 0 Å². The van der Waals surface area contributed by atoms with Crippen molar-refractivity contribution in [2.45, 2.75) is 26.9 Å². The average Bonchev–Trinajstić information content (AvgIpc) is 2.75. The Bertz CT molecular complexity index is 727. The van der Waals surface area contributed by atoms with E-state index in [0.29, 0.717) is 50.8 Å². The fraction of sp³-hybridized carbons (Fsp3) is 0.565. The third-order valence-corrected chi connectivity index (χ3v) is 3.87. The monoisotopic (exact) mass is 433 g/mol. The van der Waals surface area contributed by atoms with Crippen molar-refractivity contribution in [1.82, 2.24) is 16.0 Å². The number of rotatable bonds is 14. The van der Waals surface area contributed by atoms with Crippen LogP contribution in [-0.2, 0) is 14.3 Å². The molecule has 0 aliphatic heterocycles. The molecule has 1 atom stereocenters. The van der Waals surface area contributed by atoms with Crippen LogP contribution in [0, 0.1) is 17.8 Å². The van der Waals surface area contributed by atoms with Crippen molar-refractivity contribution in [3.05, 3.63) is 29.8 Å². The maximum Gasteiger partial charge on any atom is 0.251 e. The van der Waals surface area contributed by atoms with Crippen LogP contribution in [0.5, 0.6) is 5.75 Å². The molecule has 0 saturated heterocycles. The predicted octanol–water partition coefficient (Wildman–Crippen LogP) is 1.21. The molecule has 0 heterocycles. The molecular formula is C23H35N3O5. The number of likely N-dealkylation sites (N-methyl/N-ethyl adjacent to an activating group) is 1. The Morgan fingerprint density at radius 1 is 1.10 bits per heavy atom. The Morgan fingerprint density at radius 3 is 2.65 bits per heavy atom. The van der Waals surface area contributed by atoms with Gasteiger partial charge in [-0.15, -0.1) is 0 Å². The maximum atomic E-state index is 12.1. The molecule has 0 spiro atoms. The number of hydrogen-bond donors (Lipinski definition) is 3. The summed E-state index contributed by atoms with van der Waals surface area (Å²) in [5.74, 6) is 6.39. The molecule has 0 fully saturated rings. The highest BCUT2D eigenvalue weighted by Crippen LogP contribution is 2.14. The SMILES string of the molecule is CNCCNC(=O)c1cccc(OCC(C)OCCOCC(=O)NCC#CC(C)C)c1. The van der Waals surface area contributed by atoms with Crippen LogP contribution >= 0.6 is 0 Å². The molecule has 2 amide bonds. The molecule has 0 bridgehead atoms. The van der Waals surface area contributed by atoms with E-state index in [-0.39, 0.29) is 30.4 Å². The molecule has 0 saturated carbocycles. The van der Waals surface area contributed by atoms with Gasteiger partial charge in [-0.3, -0.25) is 9.59 Å². The standard InChI is InChI=1S/C23H35N3O5/c1-18(2)7-6-10-25-22(27)17-29-13-14-30-19(3)16-31-21-9-5-8-20(15-21)23(28)26-12-11-24-4/h5,8-9,15,18-19,24H,10-14,16-17H2,1-4H3,(H,25,27)(H,26,28). The number of benzene rings is 1. The normalized spacial score (nSPS) is 11.4. The molecule has 8 nitrogen and oxygen atoms in total. The minimum absolute atomic E-state index is 0.0270. The summed E-state index contributed by atoms with van der Waals surface area (Å²) in [5.41, 5.74) is 0.545. The summed E-state index contributed by atoms with van der Waals surface area (Å²) in [7, 11) is 1.83. The zero-order valence-corrected chi connectivity index (χ0v) is 19.0. The molecule has 1 unspecified atom stereocenters. The molecule has 172 valence electrons. The zero-order chi connectivity index (χ0) is 22.9. The van der Waals surface area contributed by atoms with Crippen molar-refractivity contribution >= 4 is 11.8 Å². The Hall–Kier alpha value is -2.60. The molecule has 0 aliphatic rings. The van der Waals surface area contributed by atoms with E-state index in [0.717, 1.165) is 0 Å². The molecule has 0 radical (unpaired) electrons. The highest BCUT2D eigenvalue weighted by atomic mass is 16.6. The largest absolute Gasteiger partial charge is 0.491 e. The zero-order valence-electron chi connectivity index (χ0n) is 19.0. The van der Waals surface area contributed by atoms with E-state index in [2.05, 4.69) is 27.8 Å². The summed E-state index contributed by atoms with van der Waals surface area (Å²) >= 11 is 0. The first kappa shape index (κ1) is 26.4. The smallest absolute Gasteiger partial charge is 0.251 e. The molecule has 31 heavy (non-hydrogen) atoms. The van der Waals surface area contributed by atoms with Crippen LogP contribution in [0.2, 0.25) is 0 Å². The van der Waals surface area contributed by atoms with Gasteiger partial charge < -0.3 is 30.2 Å². The lowest BCUT2D eigenvalue weighted by Gasteiger charge is -2.15. The average molecular weight is 434 g/mol. The molecule has 1 rings (SSSR count). The van der Waals surface area contributed by atoms with Crippen LogP contribution in [0.25, 0.3) is 0 Å². The molecule has 3 N–H and O–H groups in total. The second kappa shape index (κ2) is 16.1. The number of amides is 2. The molecule has 8 heteroatoms. The van der Waals surface area contributed by atoms with Gasteiger partial charge in [0.2, 0.25) is 5.91 Å². The van der Waals surface area contributed by atoms with E-state index < -0.39 is 0 Å². The van der Waals surface area contributed by atoms with E-state index in [1.54, 1.807) is 24.3 Å². The van der Waals surface area contributed by atoms with Crippen LogP contribution in [0.15, 0.2) is 24.3 Å². The van der Waals surface area contributed by atoms with Gasteiger partial charge in [-0.05, 0) is 32.2 Å². The van der Waals surface area contributed by atoms with Gasteiger partial charge in [0.15, 0.2) is 0 Å². The summed E-state index contributed by atoms with van der Waals surface area (Å²) in [6, 6.07) is 7.02. The van der Waals surface area contributed by atoms with Crippen molar-refractivity contribution in [3.8, 4) is 17.6 Å². The number of carbonyl (C=O) groups excluding carboxylic acids is 2. The minimum Gasteiger partial charge on any atom is -0.491 e. The van der Waals surface area contributed by atoms with Crippen LogP contribution in [-0.4, -0.2) is 71.0 Å². The molecule has 0 aliphatic carbocycles. The highest BCUT2D eigenvalue weighted by Gasteiger charge is 2.08. The number of ether oxygens (including phenoxy) is 3. The van der Waals surface area contributed by atoms with E-state index >= 15 is 0 Å². The fourth-order valence-corrected chi connectivity index (χ4v) is 2.31. The van der Waals surface area contributed by atoms with E-state index in [1.165, 1.54) is 0 Å². The van der Waals surface area contributed by atoms with Crippen molar-refractivity contribution in [2.24, 2.45) is 5.92 Å². The lowest BCUT2D eigenvalue weighted by molar-refractivity contribution is -0.126. The first-order valence-electron chi connectivity index (χ1n) is 10.5. The van der Waals surface area contributed by atoms with Gasteiger partial charge in [0.25, 0.3) is 5.91 Å². The second-order valence-electron chi connectivity index (χ2n) is 7.18. The predicted molar refractivity (Wildman–Crippen MR) is 120 cm³/mol. The molecule has 0 aromatic heterocycles. The van der Waals surface area contributed by atoms with Crippen LogP contribution in [0.1, 0.15) is 31.1 Å². The Morgan fingerprint density at radius 2 is 1.90 bits per heavy atom. The van der Waals surface area contributed by atoms with E-state index in [1.807, 2.05) is 27.8 Å². The van der Waals surface area contributed by atoms with Gasteiger partial charge in [-0.1, -0.05) is 31.8 Å². The van der Waals surface area contributed by atoms with Gasteiger partial charge in [0.05, 0.1) is 25.9 Å². The van der Waals surface area contributed by atoms with Gasteiger partial charge in [0.1, 0.15) is 19.0 Å². The van der Waals surface area contributed by atoms with E-state index in [9.17, 15) is 9.59 Å². The Balaban J connectivity index is 2.18. The fourth-order valence-electron chi connectivity index (χ4n) is 2.31. The van der Waals surface area contributed by atoms with Gasteiger partial charge >= 0.3 is 0 Å². The van der Waals surface area contributed by atoms with E-state index in [4.69, 9.17) is 14.2 Å². The van der Waals surface area contributed by atoms with Crippen molar-refractivity contribution in [2.75, 3.05) is 53.1 Å². The summed E-state index contributed by atoms with van der Waals surface area (Å²) in [4.78, 5) is 23.7. The molecular weight excluding hydrogens is 398 g/mol. The van der Waals surface area contributed by atoms with Crippen molar-refractivity contribution in [3.63, 3.8) is 0 Å². The lowest BCUT2D eigenvalue weighted by atomic mass is 10.2. The van der Waals surface area contributed by atoms with Gasteiger partial charge in [-0.25, -0.2) is 0 Å². The molecule has 1 aromatic rings. The Kier molecular flexibility index (Phi) is 13.8. The van der Waals surface area contributed by atoms with Crippen molar-refractivity contribution in [1.29, 1.82) is 0 Å². The quantitative estimate of drug-likeness (QED) is 0.301. The third kappa shape index (κ3) is 13.3. The van der Waals surface area contributed by atoms with Crippen LogP contribution < -0.4 is 20.7 Å². The van der Waals surface area contributed by atoms with Crippen LogP contribution in [0.4, 0.5) is 0 Å². The minimum atomic E-state index is -0.204. The van der Waals surface area contributed by atoms with Crippen molar-refractivity contribution < 1.29 is 23.8 Å². The highest BCUT2D eigenvalue weighted by molar-refractivity contribution is 5.94. The van der Waals surface area contributed by atoms with Gasteiger partial charge in [0, 0.05) is 24.6 Å². The summed E-state index contributed by atoms with van der Waals surface area (Å²) < 4.78 is 16.6. The molecule has 1 aromatic carbocycles. The second-order valence-corrected chi connectivity index (χ2v) is 7.18. The summed E-state index contributed by atoms with van der Waals surface area (Å²) in [5, 5.41) is 8.48. The maximum absolute atomic E-state index is 12.1. The number of nitrogens with one attached hydrogen (secondary N) is 3.